The van der Waals surface area contributed by atoms with Crippen LogP contribution in [0.1, 0.15) is 25.5 Å². The quantitative estimate of drug-likeness (QED) is 0.102. The highest BCUT2D eigenvalue weighted by atomic mass is 19.4. The maximum absolute atomic E-state index is 12.8. The van der Waals surface area contributed by atoms with E-state index in [4.69, 9.17) is 14.2 Å². The molecule has 1 aliphatic carbocycles. The number of halogens is 6. The number of nitrogens with zero attached hydrogens (tertiary/aromatic N) is 1. The number of carbonyl (C=O) groups is 3. The molecule has 5 rings (SSSR count). The molecule has 1 amide bonds. The van der Waals surface area contributed by atoms with Gasteiger partial charge < -0.3 is 24.3 Å². The summed E-state index contributed by atoms with van der Waals surface area (Å²) in [6.45, 7) is 3.17. The molecule has 9 nitrogen and oxygen atoms in total. The molecule has 1 fully saturated rings. The first-order valence-electron chi connectivity index (χ1n) is 15.8. The van der Waals surface area contributed by atoms with Crippen LogP contribution in [0.3, 0.4) is 0 Å². The molecule has 4 aromatic rings. The molecular formula is C38H32F6N2O7. The molecule has 1 N–H and O–H groups in total. The molecule has 15 heteroatoms. The molecule has 3 atom stereocenters. The minimum atomic E-state index is -5.84. The molecule has 0 radical (unpaired) electrons. The number of carbonyl (C=O) groups excluding carboxylic acids is 3. The van der Waals surface area contributed by atoms with Crippen LogP contribution in [0.4, 0.5) is 31.1 Å². The van der Waals surface area contributed by atoms with Crippen molar-refractivity contribution in [2.45, 2.75) is 38.4 Å². The third kappa shape index (κ3) is 10.5. The summed E-state index contributed by atoms with van der Waals surface area (Å²) in [7, 11) is 1.54. The summed E-state index contributed by atoms with van der Waals surface area (Å²) in [5, 5.41) is 14.0. The number of fused-ring (bicyclic) bond motifs is 1. The first-order chi connectivity index (χ1) is 24.9. The number of hydrogen-bond donors (Lipinski definition) is 1. The lowest BCUT2D eigenvalue weighted by atomic mass is 10.1. The fourth-order valence-corrected chi connectivity index (χ4v) is 5.30. The fourth-order valence-electron chi connectivity index (χ4n) is 5.30. The molecule has 0 saturated heterocycles. The van der Waals surface area contributed by atoms with Crippen molar-refractivity contribution < 1.29 is 59.7 Å². The van der Waals surface area contributed by atoms with Gasteiger partial charge in [-0.3, -0.25) is 4.79 Å². The normalized spacial score (nSPS) is 16.8. The van der Waals surface area contributed by atoms with Crippen molar-refractivity contribution in [2.75, 3.05) is 7.05 Å². The van der Waals surface area contributed by atoms with E-state index in [9.17, 15) is 46.0 Å². The highest BCUT2D eigenvalue weighted by molar-refractivity contribution is 5.90. The number of hydrogen-bond acceptors (Lipinski definition) is 8. The number of ether oxygens (including phenoxy) is 4. The second-order valence-corrected chi connectivity index (χ2v) is 12.1. The summed E-state index contributed by atoms with van der Waals surface area (Å²) in [5.74, 6) is -2.87. The fraction of sp³-hybridized carbons (Fsp3) is 0.263. The van der Waals surface area contributed by atoms with Gasteiger partial charge in [0.2, 0.25) is 6.10 Å². The van der Waals surface area contributed by atoms with E-state index in [1.807, 2.05) is 42.5 Å². The summed E-state index contributed by atoms with van der Waals surface area (Å²) in [6, 6.07) is 30.3. The molecular weight excluding hydrogens is 710 g/mol. The third-order valence-electron chi connectivity index (χ3n) is 8.08. The Kier molecular flexibility index (Phi) is 12.4. The maximum atomic E-state index is 12.8. The van der Waals surface area contributed by atoms with Crippen LogP contribution in [0.15, 0.2) is 109 Å². The largest absolute Gasteiger partial charge is 0.457 e. The lowest BCUT2D eigenvalue weighted by Gasteiger charge is -2.22. The zero-order valence-electron chi connectivity index (χ0n) is 28.3. The van der Waals surface area contributed by atoms with Gasteiger partial charge in [-0.1, -0.05) is 86.7 Å². The van der Waals surface area contributed by atoms with Gasteiger partial charge in [-0.2, -0.15) is 31.6 Å². The maximum Gasteiger partial charge on any atom is 0.434 e. The Morgan fingerprint density at radius 1 is 0.830 bits per heavy atom. The van der Waals surface area contributed by atoms with E-state index in [1.54, 1.807) is 68.4 Å². The topological polar surface area (TPSA) is 124 Å². The predicted molar refractivity (Wildman–Crippen MR) is 178 cm³/mol. The third-order valence-corrected chi connectivity index (χ3v) is 8.08. The molecule has 3 unspecified atom stereocenters. The van der Waals surface area contributed by atoms with E-state index in [2.05, 4.69) is 10.1 Å². The number of allylic oxidation sites excluding steroid dienone is 1. The molecule has 1 saturated carbocycles. The molecule has 53 heavy (non-hydrogen) atoms. The van der Waals surface area contributed by atoms with Crippen LogP contribution in [-0.4, -0.2) is 43.5 Å². The van der Waals surface area contributed by atoms with Crippen LogP contribution in [-0.2, 0) is 19.1 Å². The summed E-state index contributed by atoms with van der Waals surface area (Å²) >= 11 is 0. The second kappa shape index (κ2) is 16.5. The summed E-state index contributed by atoms with van der Waals surface area (Å²) < 4.78 is 95.3. The van der Waals surface area contributed by atoms with Crippen molar-refractivity contribution in [1.82, 2.24) is 5.32 Å². The Balaban J connectivity index is 0.000000346. The number of para-hydroxylation sites is 1. The number of nitriles is 1. The summed E-state index contributed by atoms with van der Waals surface area (Å²) in [5.41, 5.74) is -0.534. The van der Waals surface area contributed by atoms with Crippen LogP contribution in [0.5, 0.6) is 17.2 Å². The Labute approximate surface area is 299 Å². The highest BCUT2D eigenvalue weighted by Crippen LogP contribution is 2.59. The number of alkyl halides is 6. The Morgan fingerprint density at radius 2 is 1.43 bits per heavy atom. The van der Waals surface area contributed by atoms with Gasteiger partial charge in [0, 0.05) is 24.1 Å². The van der Waals surface area contributed by atoms with Gasteiger partial charge in [0.25, 0.3) is 6.10 Å². The average molecular weight is 743 g/mol. The van der Waals surface area contributed by atoms with E-state index in [0.29, 0.717) is 28.9 Å². The molecule has 0 aromatic heterocycles. The molecule has 0 bridgehead atoms. The van der Waals surface area contributed by atoms with E-state index >= 15 is 0 Å². The molecule has 1 aliphatic rings. The molecule has 0 spiro atoms. The number of amides is 1. The van der Waals surface area contributed by atoms with E-state index < -0.39 is 59.8 Å². The van der Waals surface area contributed by atoms with E-state index in [0.717, 1.165) is 16.8 Å². The molecule has 0 heterocycles. The SMILES string of the molecule is CC1(C)C(/C=C\C(=O)OC(C(F)(F)F)C(F)(F)F)C1C(=O)OC(C#N)c1cccc(Oc2ccccc2)c1.CNC(=O)Oc1cccc2ccccc12. The smallest absolute Gasteiger partial charge is 0.434 e. The van der Waals surface area contributed by atoms with Crippen LogP contribution in [0, 0.1) is 28.6 Å². The first-order valence-corrected chi connectivity index (χ1v) is 15.8. The number of benzene rings is 4. The standard InChI is InChI=1S/C26H21F6NO5.C12H11NO2/c1-24(2)18(11-12-20(34)38-23(25(27,28)29)26(30,31)32)21(24)22(35)37-19(14-33)15-7-6-10-17(13-15)36-16-8-4-3-5-9-16;1-13-12(14)15-11-8-4-6-9-5-2-3-7-10(9)11/h3-13,18-19,21,23H,1-2H3;2-8H,1H3,(H,13,14)/b12-11-;. The van der Waals surface area contributed by atoms with Crippen molar-refractivity contribution in [1.29, 1.82) is 5.26 Å². The predicted octanol–water partition coefficient (Wildman–Crippen LogP) is 9.01. The van der Waals surface area contributed by atoms with Crippen molar-refractivity contribution >= 4 is 28.8 Å². The minimum Gasteiger partial charge on any atom is -0.457 e. The van der Waals surface area contributed by atoms with E-state index in [-0.39, 0.29) is 0 Å². The molecule has 0 aliphatic heterocycles. The lowest BCUT2D eigenvalue weighted by molar-refractivity contribution is -0.312. The van der Waals surface area contributed by atoms with E-state index in [1.165, 1.54) is 13.1 Å². The molecule has 4 aromatic carbocycles. The zero-order valence-corrected chi connectivity index (χ0v) is 28.3. The monoisotopic (exact) mass is 742 g/mol. The van der Waals surface area contributed by atoms with Crippen molar-refractivity contribution in [3.05, 3.63) is 115 Å². The zero-order chi connectivity index (χ0) is 39.0. The van der Waals surface area contributed by atoms with Crippen molar-refractivity contribution in [3.8, 4) is 23.3 Å². The Hall–Kier alpha value is -6.04. The first kappa shape index (κ1) is 39.7. The number of nitrogens with one attached hydrogen (secondary N) is 1. The lowest BCUT2D eigenvalue weighted by Crippen LogP contribution is -2.45. The highest BCUT2D eigenvalue weighted by Gasteiger charge is 2.62. The van der Waals surface area contributed by atoms with Crippen molar-refractivity contribution in [3.63, 3.8) is 0 Å². The van der Waals surface area contributed by atoms with Gasteiger partial charge in [0.05, 0.1) is 5.92 Å². The minimum absolute atomic E-state index is 0.314. The summed E-state index contributed by atoms with van der Waals surface area (Å²) in [6.07, 6.45) is -16.3. The van der Waals surface area contributed by atoms with Crippen molar-refractivity contribution in [2.24, 2.45) is 17.3 Å². The van der Waals surface area contributed by atoms with Crippen LogP contribution < -0.4 is 14.8 Å². The van der Waals surface area contributed by atoms with Gasteiger partial charge in [0.1, 0.15) is 23.3 Å². The second-order valence-electron chi connectivity index (χ2n) is 12.1. The molecule has 278 valence electrons. The van der Waals surface area contributed by atoms with Gasteiger partial charge in [-0.15, -0.1) is 0 Å². The Bertz CT molecular complexity index is 1970. The van der Waals surface area contributed by atoms with Gasteiger partial charge in [-0.05, 0) is 47.1 Å². The van der Waals surface area contributed by atoms with Gasteiger partial charge in [0.15, 0.2) is 0 Å². The summed E-state index contributed by atoms with van der Waals surface area (Å²) in [4.78, 5) is 35.5. The average Bonchev–Trinajstić information content (AvgIpc) is 3.68. The van der Waals surface area contributed by atoms with Gasteiger partial charge in [-0.25, -0.2) is 9.59 Å². The van der Waals surface area contributed by atoms with Crippen LogP contribution >= 0.6 is 0 Å². The van der Waals surface area contributed by atoms with Gasteiger partial charge >= 0.3 is 30.4 Å². The number of rotatable bonds is 9. The number of esters is 2. The Morgan fingerprint density at radius 3 is 2.08 bits per heavy atom. The van der Waals surface area contributed by atoms with Crippen LogP contribution in [0.25, 0.3) is 10.8 Å². The van der Waals surface area contributed by atoms with Crippen LogP contribution in [0.2, 0.25) is 0 Å².